The normalized spacial score (nSPS) is 10.1. The molecule has 0 unspecified atom stereocenters. The number of rotatable bonds is 2. The van der Waals surface area contributed by atoms with E-state index in [1.165, 1.54) is 6.07 Å². The zero-order valence-corrected chi connectivity index (χ0v) is 11.5. The van der Waals surface area contributed by atoms with Gasteiger partial charge in [0.05, 0.1) is 15.7 Å². The number of nitrogen functional groups attached to an aromatic ring is 1. The number of anilines is 2. The van der Waals surface area contributed by atoms with E-state index < -0.39 is 0 Å². The van der Waals surface area contributed by atoms with Gasteiger partial charge in [-0.05, 0) is 40.2 Å². The van der Waals surface area contributed by atoms with Crippen LogP contribution < -0.4 is 11.1 Å². The maximum atomic E-state index is 12.0. The smallest absolute Gasteiger partial charge is 0.257 e. The number of nitrogens with two attached hydrogens (primary N) is 1. The zero-order valence-electron chi connectivity index (χ0n) is 9.15. The van der Waals surface area contributed by atoms with Crippen molar-refractivity contribution in [2.75, 3.05) is 11.1 Å². The molecule has 2 rings (SSSR count). The van der Waals surface area contributed by atoms with Crippen LogP contribution in [0, 0.1) is 0 Å². The lowest BCUT2D eigenvalue weighted by Gasteiger charge is -2.09. The van der Waals surface area contributed by atoms with Gasteiger partial charge >= 0.3 is 0 Å². The number of aromatic nitrogens is 1. The van der Waals surface area contributed by atoms with E-state index in [2.05, 4.69) is 26.2 Å². The summed E-state index contributed by atoms with van der Waals surface area (Å²) in [4.78, 5) is 16.0. The molecule has 4 nitrogen and oxygen atoms in total. The molecule has 0 aliphatic carbocycles. The van der Waals surface area contributed by atoms with Crippen LogP contribution >= 0.6 is 27.5 Å². The van der Waals surface area contributed by atoms with Gasteiger partial charge < -0.3 is 11.1 Å². The molecule has 2 aromatic rings. The molecule has 18 heavy (non-hydrogen) atoms. The Morgan fingerprint density at radius 1 is 1.39 bits per heavy atom. The highest BCUT2D eigenvalue weighted by molar-refractivity contribution is 9.10. The van der Waals surface area contributed by atoms with E-state index >= 15 is 0 Å². The number of halogens is 2. The van der Waals surface area contributed by atoms with Crippen molar-refractivity contribution in [2.24, 2.45) is 0 Å². The van der Waals surface area contributed by atoms with Gasteiger partial charge in [-0.1, -0.05) is 11.6 Å². The third kappa shape index (κ3) is 2.80. The average molecular weight is 327 g/mol. The molecule has 0 fully saturated rings. The number of hydrogen-bond acceptors (Lipinski definition) is 3. The van der Waals surface area contributed by atoms with Gasteiger partial charge in [0.15, 0.2) is 0 Å². The summed E-state index contributed by atoms with van der Waals surface area (Å²) in [6.45, 7) is 0. The zero-order chi connectivity index (χ0) is 13.1. The quantitative estimate of drug-likeness (QED) is 0.832. The summed E-state index contributed by atoms with van der Waals surface area (Å²) >= 11 is 9.14. The van der Waals surface area contributed by atoms with Crippen molar-refractivity contribution in [3.63, 3.8) is 0 Å². The molecule has 0 radical (unpaired) electrons. The molecule has 1 heterocycles. The fourth-order valence-electron chi connectivity index (χ4n) is 1.39. The first-order chi connectivity index (χ1) is 8.58. The number of pyridine rings is 1. The van der Waals surface area contributed by atoms with Gasteiger partial charge in [0.2, 0.25) is 0 Å². The van der Waals surface area contributed by atoms with Gasteiger partial charge in [0, 0.05) is 23.1 Å². The van der Waals surface area contributed by atoms with Gasteiger partial charge in [-0.3, -0.25) is 9.78 Å². The van der Waals surface area contributed by atoms with Crippen LogP contribution in [0.2, 0.25) is 5.02 Å². The minimum Gasteiger partial charge on any atom is -0.398 e. The van der Waals surface area contributed by atoms with Crippen LogP contribution in [0.25, 0.3) is 0 Å². The van der Waals surface area contributed by atoms with E-state index in [1.54, 1.807) is 30.6 Å². The van der Waals surface area contributed by atoms with E-state index in [0.717, 1.165) is 0 Å². The van der Waals surface area contributed by atoms with Crippen LogP contribution in [0.15, 0.2) is 41.1 Å². The highest BCUT2D eigenvalue weighted by Gasteiger charge is 2.11. The fourth-order valence-corrected chi connectivity index (χ4v) is 1.91. The maximum absolute atomic E-state index is 12.0. The first-order valence-corrected chi connectivity index (χ1v) is 6.21. The van der Waals surface area contributed by atoms with Crippen molar-refractivity contribution in [3.8, 4) is 0 Å². The maximum Gasteiger partial charge on any atom is 0.257 e. The molecule has 6 heteroatoms. The number of amides is 1. The average Bonchev–Trinajstić information content (AvgIpc) is 2.35. The minimum atomic E-state index is -0.318. The molecular formula is C12H9BrClN3O. The second-order valence-corrected chi connectivity index (χ2v) is 4.83. The van der Waals surface area contributed by atoms with Crippen LogP contribution in [0.1, 0.15) is 10.4 Å². The number of carbonyl (C=O) groups excluding carboxylic acids is 1. The first-order valence-electron chi connectivity index (χ1n) is 5.04. The van der Waals surface area contributed by atoms with Crippen molar-refractivity contribution < 1.29 is 4.79 Å². The molecule has 0 saturated heterocycles. The molecular weight excluding hydrogens is 318 g/mol. The summed E-state index contributed by atoms with van der Waals surface area (Å²) in [6, 6.07) is 6.44. The fraction of sp³-hybridized carbons (Fsp3) is 0. The lowest BCUT2D eigenvalue weighted by molar-refractivity contribution is 0.102. The summed E-state index contributed by atoms with van der Waals surface area (Å²) in [5.74, 6) is -0.318. The molecule has 0 saturated carbocycles. The molecule has 0 atom stereocenters. The molecule has 3 N–H and O–H groups in total. The summed E-state index contributed by atoms with van der Waals surface area (Å²) in [5.41, 5.74) is 7.07. The molecule has 0 bridgehead atoms. The van der Waals surface area contributed by atoms with Crippen molar-refractivity contribution in [1.29, 1.82) is 0 Å². The Morgan fingerprint density at radius 2 is 2.17 bits per heavy atom. The van der Waals surface area contributed by atoms with E-state index in [1.807, 2.05) is 0 Å². The van der Waals surface area contributed by atoms with Gasteiger partial charge in [0.1, 0.15) is 0 Å². The molecule has 0 aliphatic heterocycles. The third-order valence-corrected chi connectivity index (χ3v) is 3.15. The van der Waals surface area contributed by atoms with Gasteiger partial charge in [-0.15, -0.1) is 0 Å². The Balaban J connectivity index is 2.28. The van der Waals surface area contributed by atoms with Crippen LogP contribution in [0.5, 0.6) is 0 Å². The van der Waals surface area contributed by atoms with Gasteiger partial charge in [-0.25, -0.2) is 0 Å². The molecule has 0 aliphatic rings. The largest absolute Gasteiger partial charge is 0.398 e. The van der Waals surface area contributed by atoms with E-state index in [0.29, 0.717) is 26.4 Å². The molecule has 92 valence electrons. The van der Waals surface area contributed by atoms with Crippen molar-refractivity contribution in [2.45, 2.75) is 0 Å². The summed E-state index contributed by atoms with van der Waals surface area (Å²) in [5, 5.41) is 3.19. The second kappa shape index (κ2) is 5.37. The molecule has 1 amide bonds. The van der Waals surface area contributed by atoms with Crippen molar-refractivity contribution in [1.82, 2.24) is 4.98 Å². The number of carbonyl (C=O) groups is 1. The Labute approximate surface area is 117 Å². The predicted molar refractivity (Wildman–Crippen MR) is 75.8 cm³/mol. The van der Waals surface area contributed by atoms with Crippen molar-refractivity contribution >= 4 is 44.8 Å². The Kier molecular flexibility index (Phi) is 3.84. The van der Waals surface area contributed by atoms with E-state index in [-0.39, 0.29) is 5.91 Å². The SMILES string of the molecule is Nc1ccc(Cl)cc1C(=O)Nc1ccncc1Br. The standard InChI is InChI=1S/C12H9BrClN3O/c13-9-6-16-4-3-11(9)17-12(18)8-5-7(14)1-2-10(8)15/h1-6H,15H2,(H,16,17,18). The number of nitrogens with zero attached hydrogens (tertiary/aromatic N) is 1. The minimum absolute atomic E-state index is 0.318. The van der Waals surface area contributed by atoms with Gasteiger partial charge in [0.25, 0.3) is 5.91 Å². The highest BCUT2D eigenvalue weighted by Crippen LogP contribution is 2.23. The first kappa shape index (κ1) is 12.9. The molecule has 0 spiro atoms. The van der Waals surface area contributed by atoms with Crippen molar-refractivity contribution in [3.05, 3.63) is 51.7 Å². The van der Waals surface area contributed by atoms with E-state index in [4.69, 9.17) is 17.3 Å². The topological polar surface area (TPSA) is 68.0 Å². The Morgan fingerprint density at radius 3 is 2.89 bits per heavy atom. The number of hydrogen-bond donors (Lipinski definition) is 2. The predicted octanol–water partition coefficient (Wildman–Crippen LogP) is 3.33. The third-order valence-electron chi connectivity index (χ3n) is 2.28. The van der Waals surface area contributed by atoms with Crippen LogP contribution in [0.4, 0.5) is 11.4 Å². The summed E-state index contributed by atoms with van der Waals surface area (Å²) in [6.07, 6.45) is 3.18. The van der Waals surface area contributed by atoms with Gasteiger partial charge in [-0.2, -0.15) is 0 Å². The van der Waals surface area contributed by atoms with Crippen LogP contribution in [-0.4, -0.2) is 10.9 Å². The summed E-state index contributed by atoms with van der Waals surface area (Å²) < 4.78 is 0.693. The Bertz CT molecular complexity index is 604. The monoisotopic (exact) mass is 325 g/mol. The molecule has 1 aromatic heterocycles. The van der Waals surface area contributed by atoms with Crippen LogP contribution in [-0.2, 0) is 0 Å². The molecule has 1 aromatic carbocycles. The van der Waals surface area contributed by atoms with Crippen LogP contribution in [0.3, 0.4) is 0 Å². The lowest BCUT2D eigenvalue weighted by atomic mass is 10.1. The summed E-state index contributed by atoms with van der Waals surface area (Å²) in [7, 11) is 0. The Hall–Kier alpha value is -1.59. The lowest BCUT2D eigenvalue weighted by Crippen LogP contribution is -2.14. The number of benzene rings is 1. The van der Waals surface area contributed by atoms with E-state index in [9.17, 15) is 4.79 Å². The number of nitrogens with one attached hydrogen (secondary N) is 1. The highest BCUT2D eigenvalue weighted by atomic mass is 79.9. The second-order valence-electron chi connectivity index (χ2n) is 3.54.